The van der Waals surface area contributed by atoms with Gasteiger partial charge in [0.25, 0.3) is 0 Å². The molecule has 0 spiro atoms. The number of hydrogen-bond acceptors (Lipinski definition) is 5. The molecule has 2 atom stereocenters. The van der Waals surface area contributed by atoms with E-state index in [-0.39, 0.29) is 29.4 Å². The Morgan fingerprint density at radius 3 is 2.79 bits per heavy atom. The summed E-state index contributed by atoms with van der Waals surface area (Å²) in [7, 11) is -2.95. The number of carbonyl (C=O) groups excluding carboxylic acids is 1. The smallest absolute Gasteiger partial charge is 0.223 e. The Bertz CT molecular complexity index is 595. The largest absolute Gasteiger partial charge is 0.352 e. The van der Waals surface area contributed by atoms with Crippen LogP contribution in [0.15, 0.2) is 0 Å². The van der Waals surface area contributed by atoms with Gasteiger partial charge in [0.2, 0.25) is 5.91 Å². The van der Waals surface area contributed by atoms with E-state index in [0.717, 1.165) is 24.2 Å². The lowest BCUT2D eigenvalue weighted by atomic mass is 9.89. The van der Waals surface area contributed by atoms with Gasteiger partial charge in [-0.15, -0.1) is 0 Å². The van der Waals surface area contributed by atoms with Crippen molar-refractivity contribution in [2.45, 2.75) is 31.7 Å². The Labute approximate surface area is 111 Å². The molecular weight excluding hydrogens is 268 g/mol. The molecule has 2 aliphatic rings. The molecule has 1 saturated heterocycles. The number of nitrogens with one attached hydrogen (secondary N) is 2. The Balaban J connectivity index is 1.60. The lowest BCUT2D eigenvalue weighted by molar-refractivity contribution is -0.125. The molecule has 2 N–H and O–H groups in total. The number of fused-ring (bicyclic) bond motifs is 1. The molecule has 3 rings (SSSR count). The molecule has 2 unspecified atom stereocenters. The molecule has 1 aliphatic heterocycles. The summed E-state index contributed by atoms with van der Waals surface area (Å²) >= 11 is 0. The van der Waals surface area contributed by atoms with Crippen molar-refractivity contribution in [3.8, 4) is 0 Å². The third-order valence-corrected chi connectivity index (χ3v) is 5.59. The Hall–Kier alpha value is -1.44. The average molecular weight is 284 g/mol. The number of hydrogen-bond donors (Lipinski definition) is 2. The van der Waals surface area contributed by atoms with Crippen LogP contribution in [0, 0.1) is 5.92 Å². The summed E-state index contributed by atoms with van der Waals surface area (Å²) < 4.78 is 22.7. The maximum absolute atomic E-state index is 12.1. The second-order valence-electron chi connectivity index (χ2n) is 5.27. The molecule has 0 aromatic carbocycles. The second kappa shape index (κ2) is 4.59. The number of carbonyl (C=O) groups is 1. The van der Waals surface area contributed by atoms with Gasteiger partial charge >= 0.3 is 0 Å². The van der Waals surface area contributed by atoms with Crippen molar-refractivity contribution in [2.75, 3.05) is 11.5 Å². The molecular formula is C11H16N4O3S. The fourth-order valence-electron chi connectivity index (χ4n) is 2.74. The van der Waals surface area contributed by atoms with Crippen LogP contribution in [0.2, 0.25) is 0 Å². The maximum atomic E-state index is 12.1. The van der Waals surface area contributed by atoms with Crippen LogP contribution in [-0.4, -0.2) is 47.3 Å². The quantitative estimate of drug-likeness (QED) is 0.740. The molecule has 7 nitrogen and oxygen atoms in total. The number of rotatable bonds is 2. The Morgan fingerprint density at radius 2 is 2.05 bits per heavy atom. The first-order valence-corrected chi connectivity index (χ1v) is 8.25. The SMILES string of the molecule is O=C(NC1CCS(=O)(=O)C1)C1CCc2n[nH]nc2C1. The molecule has 0 saturated carbocycles. The van der Waals surface area contributed by atoms with Crippen LogP contribution >= 0.6 is 0 Å². The predicted octanol–water partition coefficient (Wildman–Crippen LogP) is -0.787. The number of sulfone groups is 1. The second-order valence-corrected chi connectivity index (χ2v) is 7.49. The molecule has 1 amide bonds. The number of aromatic nitrogens is 3. The fraction of sp³-hybridized carbons (Fsp3) is 0.727. The van der Waals surface area contributed by atoms with Crippen LogP contribution in [0.25, 0.3) is 0 Å². The first kappa shape index (κ1) is 12.6. The summed E-state index contributed by atoms with van der Waals surface area (Å²) in [5, 5.41) is 13.5. The van der Waals surface area contributed by atoms with Crippen molar-refractivity contribution in [3.05, 3.63) is 11.4 Å². The van der Waals surface area contributed by atoms with Gasteiger partial charge in [-0.25, -0.2) is 8.42 Å². The van der Waals surface area contributed by atoms with Gasteiger partial charge in [-0.05, 0) is 19.3 Å². The van der Waals surface area contributed by atoms with Crippen molar-refractivity contribution in [1.29, 1.82) is 0 Å². The first-order chi connectivity index (χ1) is 9.03. The van der Waals surface area contributed by atoms with Crippen LogP contribution in [0.1, 0.15) is 24.2 Å². The van der Waals surface area contributed by atoms with Gasteiger partial charge in [0.1, 0.15) is 0 Å². The highest BCUT2D eigenvalue weighted by atomic mass is 32.2. The molecule has 2 heterocycles. The summed E-state index contributed by atoms with van der Waals surface area (Å²) in [6, 6.07) is -0.226. The van der Waals surface area contributed by atoms with Crippen LogP contribution in [0.4, 0.5) is 0 Å². The van der Waals surface area contributed by atoms with E-state index < -0.39 is 9.84 Å². The van der Waals surface area contributed by atoms with Crippen LogP contribution in [0.5, 0.6) is 0 Å². The summed E-state index contributed by atoms with van der Waals surface area (Å²) in [6.07, 6.45) is 2.59. The minimum atomic E-state index is -2.95. The normalized spacial score (nSPS) is 28.8. The van der Waals surface area contributed by atoms with E-state index in [9.17, 15) is 13.2 Å². The van der Waals surface area contributed by atoms with Crippen molar-refractivity contribution in [3.63, 3.8) is 0 Å². The highest BCUT2D eigenvalue weighted by Crippen LogP contribution is 2.23. The molecule has 8 heteroatoms. The van der Waals surface area contributed by atoms with E-state index in [4.69, 9.17) is 0 Å². The van der Waals surface area contributed by atoms with E-state index in [0.29, 0.717) is 12.8 Å². The Morgan fingerprint density at radius 1 is 1.26 bits per heavy atom. The lowest BCUT2D eigenvalue weighted by Crippen LogP contribution is -2.41. The predicted molar refractivity (Wildman–Crippen MR) is 67.1 cm³/mol. The first-order valence-electron chi connectivity index (χ1n) is 6.43. The molecule has 19 heavy (non-hydrogen) atoms. The maximum Gasteiger partial charge on any atom is 0.223 e. The van der Waals surface area contributed by atoms with Crippen LogP contribution in [0.3, 0.4) is 0 Å². The van der Waals surface area contributed by atoms with E-state index in [1.165, 1.54) is 0 Å². The highest BCUT2D eigenvalue weighted by molar-refractivity contribution is 7.91. The lowest BCUT2D eigenvalue weighted by Gasteiger charge is -2.21. The van der Waals surface area contributed by atoms with Gasteiger partial charge in [0, 0.05) is 18.4 Å². The van der Waals surface area contributed by atoms with Crippen molar-refractivity contribution in [1.82, 2.24) is 20.7 Å². The minimum Gasteiger partial charge on any atom is -0.352 e. The van der Waals surface area contributed by atoms with Gasteiger partial charge in [0.15, 0.2) is 9.84 Å². The summed E-state index contributed by atoms with van der Waals surface area (Å²) in [4.78, 5) is 12.1. The van der Waals surface area contributed by atoms with Gasteiger partial charge in [-0.1, -0.05) is 0 Å². The molecule has 1 aromatic heterocycles. The van der Waals surface area contributed by atoms with Crippen LogP contribution in [-0.2, 0) is 27.5 Å². The zero-order valence-corrected chi connectivity index (χ0v) is 11.2. The fourth-order valence-corrected chi connectivity index (χ4v) is 4.41. The number of amides is 1. The molecule has 0 radical (unpaired) electrons. The third kappa shape index (κ3) is 2.63. The highest BCUT2D eigenvalue weighted by Gasteiger charge is 2.32. The zero-order valence-electron chi connectivity index (χ0n) is 10.4. The molecule has 1 aromatic rings. The van der Waals surface area contributed by atoms with Crippen molar-refractivity contribution in [2.24, 2.45) is 5.92 Å². The number of aryl methyl sites for hydroxylation is 1. The van der Waals surface area contributed by atoms with Crippen molar-refractivity contribution < 1.29 is 13.2 Å². The third-order valence-electron chi connectivity index (χ3n) is 3.82. The van der Waals surface area contributed by atoms with Crippen LogP contribution < -0.4 is 5.32 Å². The Kier molecular flexibility index (Phi) is 3.04. The minimum absolute atomic E-state index is 0.0595. The molecule has 1 aliphatic carbocycles. The summed E-state index contributed by atoms with van der Waals surface area (Å²) in [5.41, 5.74) is 1.79. The molecule has 0 bridgehead atoms. The summed E-state index contributed by atoms with van der Waals surface area (Å²) in [5.74, 6) is 0.0631. The molecule has 104 valence electrons. The van der Waals surface area contributed by atoms with E-state index in [1.54, 1.807) is 0 Å². The average Bonchev–Trinajstić information content (AvgIpc) is 2.94. The number of H-pyrrole nitrogens is 1. The number of nitrogens with zero attached hydrogens (tertiary/aromatic N) is 2. The van der Waals surface area contributed by atoms with E-state index in [1.807, 2.05) is 0 Å². The molecule has 1 fully saturated rings. The number of aromatic amines is 1. The van der Waals surface area contributed by atoms with Gasteiger partial charge < -0.3 is 5.32 Å². The van der Waals surface area contributed by atoms with E-state index in [2.05, 4.69) is 20.7 Å². The van der Waals surface area contributed by atoms with E-state index >= 15 is 0 Å². The van der Waals surface area contributed by atoms with Gasteiger partial charge in [-0.3, -0.25) is 4.79 Å². The standard InChI is InChI=1S/C11H16N4O3S/c16-11(12-8-3-4-19(17,18)6-8)7-1-2-9-10(5-7)14-15-13-9/h7-8H,1-6H2,(H,12,16)(H,13,14,15). The monoisotopic (exact) mass is 284 g/mol. The van der Waals surface area contributed by atoms with Gasteiger partial charge in [0.05, 0.1) is 22.9 Å². The summed E-state index contributed by atoms with van der Waals surface area (Å²) in [6.45, 7) is 0. The van der Waals surface area contributed by atoms with Gasteiger partial charge in [-0.2, -0.15) is 15.4 Å². The van der Waals surface area contributed by atoms with Crippen molar-refractivity contribution >= 4 is 15.7 Å². The zero-order chi connectivity index (χ0) is 13.5. The topological polar surface area (TPSA) is 105 Å².